The summed E-state index contributed by atoms with van der Waals surface area (Å²) in [5.41, 5.74) is 0.405. The molecular weight excluding hydrogens is 233 g/mol. The van der Waals surface area contributed by atoms with Crippen LogP contribution in [-0.4, -0.2) is 25.7 Å². The largest absolute Gasteiger partial charge is 0.382 e. The van der Waals surface area contributed by atoms with E-state index in [1.54, 1.807) is 18.2 Å². The van der Waals surface area contributed by atoms with Crippen molar-refractivity contribution in [2.24, 2.45) is 0 Å². The summed E-state index contributed by atoms with van der Waals surface area (Å²) in [5, 5.41) is 2.70. The molecule has 1 aromatic rings. The summed E-state index contributed by atoms with van der Waals surface area (Å²) in [6.07, 6.45) is 3.57. The Labute approximate surface area is 107 Å². The van der Waals surface area contributed by atoms with Gasteiger partial charge >= 0.3 is 0 Å². The lowest BCUT2D eigenvalue weighted by Gasteiger charge is -2.02. The third kappa shape index (κ3) is 5.59. The van der Waals surface area contributed by atoms with Crippen LogP contribution in [-0.2, 0) is 9.53 Å². The van der Waals surface area contributed by atoms with Crippen LogP contribution in [0, 0.1) is 5.82 Å². The van der Waals surface area contributed by atoms with Gasteiger partial charge in [0.2, 0.25) is 5.91 Å². The number of amides is 1. The molecule has 0 saturated heterocycles. The van der Waals surface area contributed by atoms with Gasteiger partial charge in [-0.3, -0.25) is 4.79 Å². The molecule has 3 nitrogen and oxygen atoms in total. The van der Waals surface area contributed by atoms with E-state index >= 15 is 0 Å². The van der Waals surface area contributed by atoms with Crippen molar-refractivity contribution in [3.05, 3.63) is 41.7 Å². The van der Waals surface area contributed by atoms with E-state index in [9.17, 15) is 9.18 Å². The minimum Gasteiger partial charge on any atom is -0.382 e. The molecule has 0 fully saturated rings. The molecule has 1 N–H and O–H groups in total. The lowest BCUT2D eigenvalue weighted by Crippen LogP contribution is -2.23. The highest BCUT2D eigenvalue weighted by molar-refractivity contribution is 5.91. The molecule has 0 heterocycles. The smallest absolute Gasteiger partial charge is 0.244 e. The number of nitrogens with one attached hydrogen (secondary N) is 1. The fraction of sp³-hybridized carbons (Fsp3) is 0.357. The van der Waals surface area contributed by atoms with E-state index in [0.29, 0.717) is 25.3 Å². The maximum absolute atomic E-state index is 13.2. The van der Waals surface area contributed by atoms with Crippen molar-refractivity contribution in [3.63, 3.8) is 0 Å². The maximum Gasteiger partial charge on any atom is 0.244 e. The summed E-state index contributed by atoms with van der Waals surface area (Å²) in [6.45, 7) is 3.80. The van der Waals surface area contributed by atoms with E-state index in [1.165, 1.54) is 18.2 Å². The van der Waals surface area contributed by atoms with Crippen LogP contribution < -0.4 is 5.32 Å². The van der Waals surface area contributed by atoms with Gasteiger partial charge in [0, 0.05) is 31.4 Å². The zero-order valence-electron chi connectivity index (χ0n) is 10.5. The second kappa shape index (κ2) is 8.42. The maximum atomic E-state index is 13.2. The van der Waals surface area contributed by atoms with Crippen LogP contribution in [0.25, 0.3) is 6.08 Å². The monoisotopic (exact) mass is 251 g/mol. The molecule has 0 aliphatic carbocycles. The van der Waals surface area contributed by atoms with Gasteiger partial charge in [-0.15, -0.1) is 0 Å². The number of rotatable bonds is 7. The summed E-state index contributed by atoms with van der Waals surface area (Å²) in [6, 6.07) is 6.32. The minimum atomic E-state index is -0.335. The fourth-order valence-corrected chi connectivity index (χ4v) is 1.36. The highest BCUT2D eigenvalue weighted by atomic mass is 19.1. The molecule has 1 rings (SSSR count). The molecule has 0 aliphatic heterocycles. The van der Waals surface area contributed by atoms with Crippen molar-refractivity contribution in [1.29, 1.82) is 0 Å². The van der Waals surface area contributed by atoms with Gasteiger partial charge in [0.25, 0.3) is 0 Å². The van der Waals surface area contributed by atoms with Crippen LogP contribution in [0.1, 0.15) is 18.9 Å². The first kappa shape index (κ1) is 14.4. The fourth-order valence-electron chi connectivity index (χ4n) is 1.36. The van der Waals surface area contributed by atoms with E-state index in [4.69, 9.17) is 4.74 Å². The molecule has 98 valence electrons. The lowest BCUT2D eigenvalue weighted by molar-refractivity contribution is -0.116. The summed E-state index contributed by atoms with van der Waals surface area (Å²) in [4.78, 5) is 11.4. The molecule has 0 atom stereocenters. The molecular formula is C14H18FNO2. The Morgan fingerprint density at radius 3 is 2.94 bits per heavy atom. The Morgan fingerprint density at radius 2 is 2.22 bits per heavy atom. The Kier molecular flexibility index (Phi) is 6.72. The number of ether oxygens (including phenoxy) is 1. The SMILES string of the molecule is CCOCCCNC(=O)/C=C/c1ccccc1F. The first-order valence-corrected chi connectivity index (χ1v) is 6.02. The summed E-state index contributed by atoms with van der Waals surface area (Å²) < 4.78 is 18.4. The second-order valence-corrected chi connectivity index (χ2v) is 3.70. The van der Waals surface area contributed by atoms with E-state index in [-0.39, 0.29) is 11.7 Å². The number of hydrogen-bond acceptors (Lipinski definition) is 2. The van der Waals surface area contributed by atoms with Gasteiger partial charge in [0.15, 0.2) is 0 Å². The van der Waals surface area contributed by atoms with Gasteiger partial charge in [-0.2, -0.15) is 0 Å². The summed E-state index contributed by atoms with van der Waals surface area (Å²) in [7, 11) is 0. The predicted octanol–water partition coefficient (Wildman–Crippen LogP) is 2.38. The van der Waals surface area contributed by atoms with Gasteiger partial charge in [-0.05, 0) is 25.5 Å². The molecule has 0 radical (unpaired) electrons. The van der Waals surface area contributed by atoms with Crippen molar-refractivity contribution in [2.75, 3.05) is 19.8 Å². The predicted molar refractivity (Wildman–Crippen MR) is 69.6 cm³/mol. The van der Waals surface area contributed by atoms with E-state index in [2.05, 4.69) is 5.32 Å². The van der Waals surface area contributed by atoms with Crippen LogP contribution >= 0.6 is 0 Å². The van der Waals surface area contributed by atoms with Gasteiger partial charge in [-0.25, -0.2) is 4.39 Å². The van der Waals surface area contributed by atoms with Gasteiger partial charge in [0.05, 0.1) is 0 Å². The lowest BCUT2D eigenvalue weighted by atomic mass is 10.2. The highest BCUT2D eigenvalue weighted by Crippen LogP contribution is 2.07. The number of carbonyl (C=O) groups is 1. The number of carbonyl (C=O) groups excluding carboxylic acids is 1. The molecule has 18 heavy (non-hydrogen) atoms. The Morgan fingerprint density at radius 1 is 1.44 bits per heavy atom. The zero-order chi connectivity index (χ0) is 13.2. The van der Waals surface area contributed by atoms with E-state index in [0.717, 1.165) is 6.42 Å². The molecule has 1 amide bonds. The van der Waals surface area contributed by atoms with Crippen molar-refractivity contribution in [3.8, 4) is 0 Å². The van der Waals surface area contributed by atoms with Crippen LogP contribution in [0.3, 0.4) is 0 Å². The van der Waals surface area contributed by atoms with Crippen molar-refractivity contribution in [1.82, 2.24) is 5.32 Å². The quantitative estimate of drug-likeness (QED) is 0.597. The van der Waals surface area contributed by atoms with Gasteiger partial charge < -0.3 is 10.1 Å². The van der Waals surface area contributed by atoms with Crippen molar-refractivity contribution in [2.45, 2.75) is 13.3 Å². The molecule has 0 unspecified atom stereocenters. The van der Waals surface area contributed by atoms with Crippen LogP contribution in [0.5, 0.6) is 0 Å². The zero-order valence-corrected chi connectivity index (χ0v) is 10.5. The van der Waals surface area contributed by atoms with E-state index < -0.39 is 0 Å². The number of benzene rings is 1. The van der Waals surface area contributed by atoms with Gasteiger partial charge in [0.1, 0.15) is 5.82 Å². The number of halogens is 1. The van der Waals surface area contributed by atoms with Crippen LogP contribution in [0.2, 0.25) is 0 Å². The number of hydrogen-bond donors (Lipinski definition) is 1. The standard InChI is InChI=1S/C14H18FNO2/c1-2-18-11-5-10-16-14(17)9-8-12-6-3-4-7-13(12)15/h3-4,6-9H,2,5,10-11H2,1H3,(H,16,17)/b9-8+. The van der Waals surface area contributed by atoms with Crippen LogP contribution in [0.4, 0.5) is 4.39 Å². The Bertz CT molecular complexity index is 405. The topological polar surface area (TPSA) is 38.3 Å². The average molecular weight is 251 g/mol. The summed E-state index contributed by atoms with van der Waals surface area (Å²) in [5.74, 6) is -0.562. The van der Waals surface area contributed by atoms with Crippen LogP contribution in [0.15, 0.2) is 30.3 Å². The molecule has 0 aliphatic rings. The van der Waals surface area contributed by atoms with E-state index in [1.807, 2.05) is 6.92 Å². The Balaban J connectivity index is 2.30. The van der Waals surface area contributed by atoms with Crippen molar-refractivity contribution < 1.29 is 13.9 Å². The Hall–Kier alpha value is -1.68. The normalized spacial score (nSPS) is 10.8. The molecule has 0 bridgehead atoms. The highest BCUT2D eigenvalue weighted by Gasteiger charge is 1.98. The molecule has 4 heteroatoms. The van der Waals surface area contributed by atoms with Crippen molar-refractivity contribution >= 4 is 12.0 Å². The second-order valence-electron chi connectivity index (χ2n) is 3.70. The molecule has 1 aromatic carbocycles. The molecule has 0 aromatic heterocycles. The first-order valence-electron chi connectivity index (χ1n) is 6.02. The van der Waals surface area contributed by atoms with Gasteiger partial charge in [-0.1, -0.05) is 18.2 Å². The molecule has 0 spiro atoms. The third-order valence-corrected chi connectivity index (χ3v) is 2.29. The minimum absolute atomic E-state index is 0.227. The molecule has 0 saturated carbocycles. The summed E-state index contributed by atoms with van der Waals surface area (Å²) >= 11 is 0. The third-order valence-electron chi connectivity index (χ3n) is 2.29. The first-order chi connectivity index (χ1) is 8.74. The average Bonchev–Trinajstić information content (AvgIpc) is 2.37.